The monoisotopic (exact) mass is 262 g/mol. The quantitative estimate of drug-likeness (QED) is 0.539. The fourth-order valence-corrected chi connectivity index (χ4v) is 2.55. The lowest BCUT2D eigenvalue weighted by molar-refractivity contribution is -0.341. The Labute approximate surface area is 106 Å². The van der Waals surface area contributed by atoms with E-state index in [0.29, 0.717) is 12.5 Å². The minimum atomic E-state index is -1.53. The predicted molar refractivity (Wildman–Crippen MR) is 61.4 cm³/mol. The molecule has 1 heterocycles. The molecule has 0 aromatic rings. The Morgan fingerprint density at radius 3 is 2.22 bits per heavy atom. The van der Waals surface area contributed by atoms with Crippen LogP contribution in [0.1, 0.15) is 32.1 Å². The highest BCUT2D eigenvalue weighted by molar-refractivity contribution is 4.85. The van der Waals surface area contributed by atoms with Crippen LogP contribution < -0.4 is 0 Å². The van der Waals surface area contributed by atoms with Crippen molar-refractivity contribution in [2.45, 2.75) is 63.0 Å². The van der Waals surface area contributed by atoms with Crippen molar-refractivity contribution in [2.24, 2.45) is 5.92 Å². The van der Waals surface area contributed by atoms with Gasteiger partial charge in [-0.05, 0) is 18.8 Å². The molecule has 3 unspecified atom stereocenters. The molecule has 0 aromatic heterocycles. The molecule has 106 valence electrons. The van der Waals surface area contributed by atoms with Crippen molar-refractivity contribution in [2.75, 3.05) is 6.61 Å². The van der Waals surface area contributed by atoms with Crippen LogP contribution in [0, 0.1) is 5.92 Å². The summed E-state index contributed by atoms with van der Waals surface area (Å²) in [7, 11) is 0. The SMILES string of the molecule is OC1C(O)[C@H](O)C(O)O[C@@H]1OCC1CCCCC1. The first-order valence-electron chi connectivity index (χ1n) is 6.59. The average molecular weight is 262 g/mol. The van der Waals surface area contributed by atoms with Crippen molar-refractivity contribution >= 4 is 0 Å². The second-order valence-corrected chi connectivity index (χ2v) is 5.20. The van der Waals surface area contributed by atoms with Crippen LogP contribution in [0.4, 0.5) is 0 Å². The highest BCUT2D eigenvalue weighted by Crippen LogP contribution is 2.26. The van der Waals surface area contributed by atoms with Crippen LogP contribution >= 0.6 is 0 Å². The molecule has 0 amide bonds. The van der Waals surface area contributed by atoms with E-state index >= 15 is 0 Å². The Balaban J connectivity index is 1.80. The first kappa shape index (κ1) is 14.2. The second kappa shape index (κ2) is 6.27. The zero-order valence-corrected chi connectivity index (χ0v) is 10.3. The lowest BCUT2D eigenvalue weighted by atomic mass is 9.90. The summed E-state index contributed by atoms with van der Waals surface area (Å²) in [6.07, 6.45) is -1.10. The molecule has 6 heteroatoms. The molecular weight excluding hydrogens is 240 g/mol. The molecule has 1 aliphatic carbocycles. The highest BCUT2D eigenvalue weighted by atomic mass is 16.7. The summed E-state index contributed by atoms with van der Waals surface area (Å²) in [6.45, 7) is 0.442. The number of hydrogen-bond acceptors (Lipinski definition) is 6. The van der Waals surface area contributed by atoms with Gasteiger partial charge in [-0.1, -0.05) is 19.3 Å². The van der Waals surface area contributed by atoms with Crippen LogP contribution in [0.5, 0.6) is 0 Å². The summed E-state index contributed by atoms with van der Waals surface area (Å²) in [5.41, 5.74) is 0. The van der Waals surface area contributed by atoms with Gasteiger partial charge in [0.2, 0.25) is 0 Å². The number of ether oxygens (including phenoxy) is 2. The van der Waals surface area contributed by atoms with Crippen molar-refractivity contribution in [1.82, 2.24) is 0 Å². The minimum Gasteiger partial charge on any atom is -0.387 e. The van der Waals surface area contributed by atoms with Gasteiger partial charge in [-0.25, -0.2) is 0 Å². The number of aliphatic hydroxyl groups is 4. The Hall–Kier alpha value is -0.240. The average Bonchev–Trinajstić information content (AvgIpc) is 2.40. The Morgan fingerprint density at radius 1 is 0.889 bits per heavy atom. The molecule has 0 aromatic carbocycles. The Morgan fingerprint density at radius 2 is 1.56 bits per heavy atom. The van der Waals surface area contributed by atoms with Crippen LogP contribution in [0.15, 0.2) is 0 Å². The fraction of sp³-hybridized carbons (Fsp3) is 1.00. The van der Waals surface area contributed by atoms with Crippen LogP contribution in [0.2, 0.25) is 0 Å². The van der Waals surface area contributed by atoms with Crippen LogP contribution in [0.3, 0.4) is 0 Å². The summed E-state index contributed by atoms with van der Waals surface area (Å²) in [6, 6.07) is 0. The zero-order chi connectivity index (χ0) is 13.1. The van der Waals surface area contributed by atoms with Gasteiger partial charge in [0.25, 0.3) is 0 Å². The molecule has 5 atom stereocenters. The molecule has 0 spiro atoms. The zero-order valence-electron chi connectivity index (χ0n) is 10.3. The van der Waals surface area contributed by atoms with Gasteiger partial charge >= 0.3 is 0 Å². The van der Waals surface area contributed by atoms with E-state index in [1.807, 2.05) is 0 Å². The molecule has 18 heavy (non-hydrogen) atoms. The number of aliphatic hydroxyl groups excluding tert-OH is 4. The minimum absolute atomic E-state index is 0.440. The van der Waals surface area contributed by atoms with Gasteiger partial charge in [0.05, 0.1) is 6.61 Å². The van der Waals surface area contributed by atoms with Gasteiger partial charge < -0.3 is 29.9 Å². The summed E-state index contributed by atoms with van der Waals surface area (Å²) < 4.78 is 10.4. The van der Waals surface area contributed by atoms with E-state index < -0.39 is 30.9 Å². The van der Waals surface area contributed by atoms with Crippen molar-refractivity contribution in [3.63, 3.8) is 0 Å². The van der Waals surface area contributed by atoms with E-state index in [0.717, 1.165) is 12.8 Å². The third-order valence-electron chi connectivity index (χ3n) is 3.77. The molecule has 0 radical (unpaired) electrons. The molecule has 2 aliphatic rings. The van der Waals surface area contributed by atoms with Crippen LogP contribution in [-0.4, -0.2) is 57.9 Å². The molecule has 1 saturated carbocycles. The third kappa shape index (κ3) is 3.20. The Kier molecular flexibility index (Phi) is 4.94. The molecular formula is C12H22O6. The molecule has 2 fully saturated rings. The topological polar surface area (TPSA) is 99.4 Å². The highest BCUT2D eigenvalue weighted by Gasteiger charge is 2.43. The summed E-state index contributed by atoms with van der Waals surface area (Å²) in [5.74, 6) is 0.440. The van der Waals surface area contributed by atoms with E-state index in [4.69, 9.17) is 9.47 Å². The summed E-state index contributed by atoms with van der Waals surface area (Å²) >= 11 is 0. The van der Waals surface area contributed by atoms with Crippen LogP contribution in [0.25, 0.3) is 0 Å². The molecule has 1 saturated heterocycles. The third-order valence-corrected chi connectivity index (χ3v) is 3.77. The summed E-state index contributed by atoms with van der Waals surface area (Å²) in [5, 5.41) is 37.8. The van der Waals surface area contributed by atoms with Gasteiger partial charge in [0.1, 0.15) is 18.3 Å². The van der Waals surface area contributed by atoms with Crippen molar-refractivity contribution < 1.29 is 29.9 Å². The predicted octanol–water partition coefficient (Wildman–Crippen LogP) is -0.659. The van der Waals surface area contributed by atoms with Gasteiger partial charge in [-0.2, -0.15) is 0 Å². The van der Waals surface area contributed by atoms with E-state index in [2.05, 4.69) is 0 Å². The maximum Gasteiger partial charge on any atom is 0.189 e. The molecule has 6 nitrogen and oxygen atoms in total. The first-order valence-corrected chi connectivity index (χ1v) is 6.59. The van der Waals surface area contributed by atoms with Gasteiger partial charge in [-0.3, -0.25) is 0 Å². The van der Waals surface area contributed by atoms with E-state index in [1.54, 1.807) is 0 Å². The van der Waals surface area contributed by atoms with Gasteiger partial charge in [0, 0.05) is 0 Å². The van der Waals surface area contributed by atoms with E-state index in [9.17, 15) is 20.4 Å². The smallest absolute Gasteiger partial charge is 0.189 e. The fourth-order valence-electron chi connectivity index (χ4n) is 2.55. The Bertz CT molecular complexity index is 255. The van der Waals surface area contributed by atoms with Crippen molar-refractivity contribution in [1.29, 1.82) is 0 Å². The number of rotatable bonds is 3. The lowest BCUT2D eigenvalue weighted by Crippen LogP contribution is -2.58. The lowest BCUT2D eigenvalue weighted by Gasteiger charge is -2.38. The summed E-state index contributed by atoms with van der Waals surface area (Å²) in [4.78, 5) is 0. The molecule has 0 bridgehead atoms. The maximum absolute atomic E-state index is 9.68. The number of hydrogen-bond donors (Lipinski definition) is 4. The molecule has 4 N–H and O–H groups in total. The van der Waals surface area contributed by atoms with Crippen molar-refractivity contribution in [3.05, 3.63) is 0 Å². The second-order valence-electron chi connectivity index (χ2n) is 5.20. The normalized spacial score (nSPS) is 43.0. The van der Waals surface area contributed by atoms with E-state index in [1.165, 1.54) is 19.3 Å². The molecule has 1 aliphatic heterocycles. The van der Waals surface area contributed by atoms with E-state index in [-0.39, 0.29) is 0 Å². The largest absolute Gasteiger partial charge is 0.387 e. The molecule has 2 rings (SSSR count). The first-order chi connectivity index (χ1) is 8.59. The van der Waals surface area contributed by atoms with Gasteiger partial charge in [-0.15, -0.1) is 0 Å². The van der Waals surface area contributed by atoms with Crippen LogP contribution in [-0.2, 0) is 9.47 Å². The van der Waals surface area contributed by atoms with Gasteiger partial charge in [0.15, 0.2) is 12.6 Å². The standard InChI is InChI=1S/C12H22O6/c13-8-9(14)11(16)18-12(10(8)15)17-6-7-4-2-1-3-5-7/h7-16H,1-6H2/t8?,9-,10?,11?,12-/m0/s1. The van der Waals surface area contributed by atoms with Crippen molar-refractivity contribution in [3.8, 4) is 0 Å². The maximum atomic E-state index is 9.68.